The minimum atomic E-state index is -1.42. The van der Waals surface area contributed by atoms with Crippen molar-refractivity contribution in [2.24, 2.45) is 0 Å². The molecule has 1 aromatic rings. The molecule has 1 aromatic heterocycles. The van der Waals surface area contributed by atoms with Crippen molar-refractivity contribution in [1.82, 2.24) is 4.98 Å². The summed E-state index contributed by atoms with van der Waals surface area (Å²) in [6, 6.07) is 3.09. The molecule has 0 saturated heterocycles. The zero-order chi connectivity index (χ0) is 11.4. The Hall–Kier alpha value is -1.66. The van der Waals surface area contributed by atoms with E-state index >= 15 is 0 Å². The van der Waals surface area contributed by atoms with E-state index in [1.165, 1.54) is 12.3 Å². The molecule has 15 heavy (non-hydrogen) atoms. The fraction of sp³-hybridized carbons (Fsp3) is 0.333. The molecule has 0 spiro atoms. The molecule has 0 aromatic carbocycles. The number of aliphatic hydroxyl groups is 2. The molecule has 1 rings (SSSR count). The first-order valence-corrected chi connectivity index (χ1v) is 4.30. The predicted octanol–water partition coefficient (Wildman–Crippen LogP) is -0.467. The molecule has 6 heteroatoms. The quantitative estimate of drug-likeness (QED) is 0.536. The molecular formula is C9H12N2O4. The van der Waals surface area contributed by atoms with E-state index in [0.717, 1.165) is 0 Å². The fourth-order valence-corrected chi connectivity index (χ4v) is 1.15. The number of nitrogens with zero attached hydrogens (tertiary/aromatic N) is 1. The van der Waals surface area contributed by atoms with Crippen LogP contribution in [0.15, 0.2) is 18.3 Å². The molecule has 0 aliphatic heterocycles. The highest BCUT2D eigenvalue weighted by molar-refractivity contribution is 5.67. The molecular weight excluding hydrogens is 200 g/mol. The average Bonchev–Trinajstić information content (AvgIpc) is 2.16. The number of carboxylic acids is 1. The van der Waals surface area contributed by atoms with Crippen LogP contribution in [-0.2, 0) is 4.79 Å². The van der Waals surface area contributed by atoms with Gasteiger partial charge >= 0.3 is 5.97 Å². The summed E-state index contributed by atoms with van der Waals surface area (Å²) in [4.78, 5) is 14.1. The maximum Gasteiger partial charge on any atom is 0.306 e. The van der Waals surface area contributed by atoms with Gasteiger partial charge in [0.1, 0.15) is 6.10 Å². The first kappa shape index (κ1) is 11.4. The van der Waals surface area contributed by atoms with E-state index in [-0.39, 0.29) is 11.4 Å². The van der Waals surface area contributed by atoms with E-state index in [1.807, 2.05) is 0 Å². The molecule has 2 atom stereocenters. The Bertz CT molecular complexity index is 356. The number of pyridine rings is 1. The summed E-state index contributed by atoms with van der Waals surface area (Å²) in [6.07, 6.45) is -1.96. The van der Waals surface area contributed by atoms with E-state index in [0.29, 0.717) is 0 Å². The number of aliphatic hydroxyl groups excluding tert-OH is 2. The minimum absolute atomic E-state index is 0.0891. The number of nitrogen functional groups attached to an aromatic ring is 1. The molecule has 1 heterocycles. The van der Waals surface area contributed by atoms with Crippen LogP contribution in [0.25, 0.3) is 0 Å². The lowest BCUT2D eigenvalue weighted by atomic mass is 10.1. The van der Waals surface area contributed by atoms with Gasteiger partial charge in [0, 0.05) is 6.20 Å². The second-order valence-corrected chi connectivity index (χ2v) is 3.09. The van der Waals surface area contributed by atoms with Crippen molar-refractivity contribution in [3.8, 4) is 0 Å². The largest absolute Gasteiger partial charge is 0.481 e. The summed E-state index contributed by atoms with van der Waals surface area (Å²) in [5.74, 6) is -1.20. The summed E-state index contributed by atoms with van der Waals surface area (Å²) in [6.45, 7) is 0. The highest BCUT2D eigenvalue weighted by Gasteiger charge is 2.23. The Morgan fingerprint density at radius 1 is 1.53 bits per heavy atom. The van der Waals surface area contributed by atoms with Crippen molar-refractivity contribution < 1.29 is 20.1 Å². The van der Waals surface area contributed by atoms with Crippen LogP contribution >= 0.6 is 0 Å². The van der Waals surface area contributed by atoms with Crippen LogP contribution < -0.4 is 5.73 Å². The third kappa shape index (κ3) is 2.90. The van der Waals surface area contributed by atoms with Gasteiger partial charge in [-0.3, -0.25) is 9.78 Å². The maximum atomic E-state index is 10.3. The van der Waals surface area contributed by atoms with Crippen LogP contribution in [0.5, 0.6) is 0 Å². The zero-order valence-corrected chi connectivity index (χ0v) is 7.87. The number of carboxylic acid groups (broad SMARTS) is 1. The van der Waals surface area contributed by atoms with E-state index in [9.17, 15) is 15.0 Å². The molecule has 0 bridgehead atoms. The van der Waals surface area contributed by atoms with Gasteiger partial charge in [-0.2, -0.15) is 0 Å². The number of nitrogens with two attached hydrogens (primary N) is 1. The SMILES string of the molecule is Nc1cccnc1C(O)C(O)CC(=O)O. The fourth-order valence-electron chi connectivity index (χ4n) is 1.15. The van der Waals surface area contributed by atoms with Crippen molar-refractivity contribution >= 4 is 11.7 Å². The number of anilines is 1. The van der Waals surface area contributed by atoms with Gasteiger partial charge in [0.15, 0.2) is 0 Å². The van der Waals surface area contributed by atoms with Crippen molar-refractivity contribution in [3.05, 3.63) is 24.0 Å². The Balaban J connectivity index is 2.80. The lowest BCUT2D eigenvalue weighted by Gasteiger charge is -2.16. The molecule has 6 nitrogen and oxygen atoms in total. The smallest absolute Gasteiger partial charge is 0.306 e. The Labute approximate surface area is 86.0 Å². The highest BCUT2D eigenvalue weighted by Crippen LogP contribution is 2.21. The van der Waals surface area contributed by atoms with Gasteiger partial charge in [-0.15, -0.1) is 0 Å². The molecule has 5 N–H and O–H groups in total. The van der Waals surface area contributed by atoms with Crippen LogP contribution in [-0.4, -0.2) is 32.4 Å². The number of rotatable bonds is 4. The second-order valence-electron chi connectivity index (χ2n) is 3.09. The molecule has 82 valence electrons. The second kappa shape index (κ2) is 4.72. The molecule has 0 amide bonds. The average molecular weight is 212 g/mol. The standard InChI is InChI=1S/C9H12N2O4/c10-5-2-1-3-11-8(5)9(15)6(12)4-7(13)14/h1-3,6,9,12,15H,4,10H2,(H,13,14). The summed E-state index contributed by atoms with van der Waals surface area (Å²) in [7, 11) is 0. The van der Waals surface area contributed by atoms with Gasteiger partial charge in [-0.1, -0.05) is 0 Å². The highest BCUT2D eigenvalue weighted by atomic mass is 16.4. The predicted molar refractivity (Wildman–Crippen MR) is 51.9 cm³/mol. The molecule has 0 aliphatic carbocycles. The number of carbonyl (C=O) groups is 1. The van der Waals surface area contributed by atoms with Crippen LogP contribution in [0.2, 0.25) is 0 Å². The number of hydrogen-bond acceptors (Lipinski definition) is 5. The third-order valence-corrected chi connectivity index (χ3v) is 1.90. The Morgan fingerprint density at radius 3 is 2.73 bits per heavy atom. The lowest BCUT2D eigenvalue weighted by Crippen LogP contribution is -2.23. The number of hydrogen-bond donors (Lipinski definition) is 4. The zero-order valence-electron chi connectivity index (χ0n) is 7.87. The summed E-state index contributed by atoms with van der Waals surface area (Å²) >= 11 is 0. The maximum absolute atomic E-state index is 10.3. The molecule has 0 fully saturated rings. The van der Waals surface area contributed by atoms with Gasteiger partial charge in [-0.05, 0) is 12.1 Å². The first-order valence-electron chi connectivity index (χ1n) is 4.30. The van der Waals surface area contributed by atoms with Crippen molar-refractivity contribution in [2.75, 3.05) is 5.73 Å². The van der Waals surface area contributed by atoms with Crippen LogP contribution in [0.3, 0.4) is 0 Å². The summed E-state index contributed by atoms with van der Waals surface area (Å²) < 4.78 is 0. The van der Waals surface area contributed by atoms with E-state index in [2.05, 4.69) is 4.98 Å². The lowest BCUT2D eigenvalue weighted by molar-refractivity contribution is -0.141. The molecule has 0 aliphatic rings. The number of aromatic nitrogens is 1. The normalized spacial score (nSPS) is 14.5. The van der Waals surface area contributed by atoms with Gasteiger partial charge in [-0.25, -0.2) is 0 Å². The van der Waals surface area contributed by atoms with E-state index in [4.69, 9.17) is 10.8 Å². The van der Waals surface area contributed by atoms with Gasteiger partial charge in [0.05, 0.1) is 23.9 Å². The molecule has 2 unspecified atom stereocenters. The summed E-state index contributed by atoms with van der Waals surface area (Å²) in [5.41, 5.74) is 5.82. The monoisotopic (exact) mass is 212 g/mol. The van der Waals surface area contributed by atoms with Crippen LogP contribution in [0.1, 0.15) is 18.2 Å². The van der Waals surface area contributed by atoms with Crippen molar-refractivity contribution in [3.63, 3.8) is 0 Å². The topological polar surface area (TPSA) is 117 Å². The summed E-state index contributed by atoms with van der Waals surface area (Å²) in [5, 5.41) is 27.3. The van der Waals surface area contributed by atoms with Crippen molar-refractivity contribution in [1.29, 1.82) is 0 Å². The van der Waals surface area contributed by atoms with E-state index in [1.54, 1.807) is 6.07 Å². The Kier molecular flexibility index (Phi) is 3.59. The first-order chi connectivity index (χ1) is 7.02. The molecule has 0 saturated carbocycles. The van der Waals surface area contributed by atoms with Crippen molar-refractivity contribution in [2.45, 2.75) is 18.6 Å². The van der Waals surface area contributed by atoms with Gasteiger partial charge in [0.25, 0.3) is 0 Å². The third-order valence-electron chi connectivity index (χ3n) is 1.90. The van der Waals surface area contributed by atoms with Crippen LogP contribution in [0.4, 0.5) is 5.69 Å². The molecule has 0 radical (unpaired) electrons. The van der Waals surface area contributed by atoms with Crippen LogP contribution in [0, 0.1) is 0 Å². The van der Waals surface area contributed by atoms with Gasteiger partial charge in [0.2, 0.25) is 0 Å². The van der Waals surface area contributed by atoms with Gasteiger partial charge < -0.3 is 21.1 Å². The Morgan fingerprint density at radius 2 is 2.20 bits per heavy atom. The minimum Gasteiger partial charge on any atom is -0.481 e. The van der Waals surface area contributed by atoms with E-state index < -0.39 is 24.6 Å². The number of aliphatic carboxylic acids is 1.